The molecule has 1 amide bonds. The molecule has 0 aliphatic carbocycles. The van der Waals surface area contributed by atoms with Crippen LogP contribution in [0, 0.1) is 6.92 Å². The molecule has 1 aromatic carbocycles. The monoisotopic (exact) mass is 298 g/mol. The van der Waals surface area contributed by atoms with Gasteiger partial charge in [0.25, 0.3) is 0 Å². The number of nitrogens with zero attached hydrogens (tertiary/aromatic N) is 5. The van der Waals surface area contributed by atoms with Crippen LogP contribution in [0.25, 0.3) is 0 Å². The van der Waals surface area contributed by atoms with Crippen molar-refractivity contribution in [2.75, 3.05) is 36.4 Å². The first-order valence-corrected chi connectivity index (χ1v) is 7.22. The Hall–Kier alpha value is -2.70. The summed E-state index contributed by atoms with van der Waals surface area (Å²) in [5.74, 6) is 1.25. The molecule has 1 saturated heterocycles. The molecular weight excluding hydrogens is 280 g/mol. The second-order valence-corrected chi connectivity index (χ2v) is 5.26. The quantitative estimate of drug-likeness (QED) is 0.855. The van der Waals surface area contributed by atoms with Crippen LogP contribution in [0.3, 0.4) is 0 Å². The van der Waals surface area contributed by atoms with Gasteiger partial charge < -0.3 is 15.1 Å². The molecule has 7 heteroatoms. The van der Waals surface area contributed by atoms with Crippen LogP contribution in [-0.4, -0.2) is 52.7 Å². The van der Waals surface area contributed by atoms with Gasteiger partial charge in [-0.15, -0.1) is 5.10 Å². The van der Waals surface area contributed by atoms with Crippen LogP contribution in [0.1, 0.15) is 5.56 Å². The molecule has 3 rings (SSSR count). The number of nitrogens with one attached hydrogen (secondary N) is 1. The number of piperazine rings is 1. The minimum atomic E-state index is 0.586. The molecule has 0 unspecified atom stereocenters. The molecule has 2 aromatic rings. The second kappa shape index (κ2) is 6.38. The number of carbonyl (C=O) groups excluding carboxylic acids is 1. The highest BCUT2D eigenvalue weighted by molar-refractivity contribution is 5.57. The highest BCUT2D eigenvalue weighted by Gasteiger charge is 2.18. The molecule has 7 nitrogen and oxygen atoms in total. The number of benzene rings is 1. The summed E-state index contributed by atoms with van der Waals surface area (Å²) >= 11 is 0. The van der Waals surface area contributed by atoms with E-state index in [1.54, 1.807) is 11.1 Å². The lowest BCUT2D eigenvalue weighted by Crippen LogP contribution is -2.46. The third-order valence-electron chi connectivity index (χ3n) is 3.58. The van der Waals surface area contributed by atoms with Crippen molar-refractivity contribution in [1.29, 1.82) is 0 Å². The Labute approximate surface area is 129 Å². The Morgan fingerprint density at radius 2 is 2.05 bits per heavy atom. The van der Waals surface area contributed by atoms with Gasteiger partial charge in [-0.1, -0.05) is 12.1 Å². The van der Waals surface area contributed by atoms with Gasteiger partial charge in [0.15, 0.2) is 5.82 Å². The van der Waals surface area contributed by atoms with E-state index in [0.29, 0.717) is 37.9 Å². The average molecular weight is 298 g/mol. The zero-order valence-electron chi connectivity index (χ0n) is 12.4. The first-order valence-electron chi connectivity index (χ1n) is 7.22. The summed E-state index contributed by atoms with van der Waals surface area (Å²) < 4.78 is 0. The van der Waals surface area contributed by atoms with Crippen LogP contribution in [0.2, 0.25) is 0 Å². The van der Waals surface area contributed by atoms with Crippen LogP contribution >= 0.6 is 0 Å². The average Bonchev–Trinajstić information content (AvgIpc) is 2.55. The fourth-order valence-corrected chi connectivity index (χ4v) is 2.39. The van der Waals surface area contributed by atoms with E-state index in [0.717, 1.165) is 12.1 Å². The fraction of sp³-hybridized carbons (Fsp3) is 0.333. The maximum atomic E-state index is 10.7. The van der Waals surface area contributed by atoms with Crippen molar-refractivity contribution in [2.24, 2.45) is 0 Å². The van der Waals surface area contributed by atoms with E-state index < -0.39 is 0 Å². The maximum absolute atomic E-state index is 10.7. The summed E-state index contributed by atoms with van der Waals surface area (Å²) in [6, 6.07) is 8.06. The lowest BCUT2D eigenvalue weighted by Gasteiger charge is -2.32. The van der Waals surface area contributed by atoms with Crippen molar-refractivity contribution < 1.29 is 4.79 Å². The molecule has 1 aliphatic rings. The summed E-state index contributed by atoms with van der Waals surface area (Å²) in [5.41, 5.74) is 2.15. The van der Waals surface area contributed by atoms with Crippen LogP contribution in [-0.2, 0) is 4.79 Å². The minimum Gasteiger partial charge on any atom is -0.342 e. The summed E-state index contributed by atoms with van der Waals surface area (Å²) in [5, 5.41) is 11.3. The predicted molar refractivity (Wildman–Crippen MR) is 84.1 cm³/mol. The lowest BCUT2D eigenvalue weighted by atomic mass is 10.2. The number of hydrogen-bond donors (Lipinski definition) is 1. The van der Waals surface area contributed by atoms with Crippen LogP contribution < -0.4 is 10.2 Å². The molecular formula is C15H18N6O. The number of amides is 1. The molecule has 0 spiro atoms. The first kappa shape index (κ1) is 14.2. The van der Waals surface area contributed by atoms with Crippen molar-refractivity contribution in [3.63, 3.8) is 0 Å². The van der Waals surface area contributed by atoms with Gasteiger partial charge in [0.2, 0.25) is 12.4 Å². The maximum Gasteiger partial charge on any atom is 0.247 e. The van der Waals surface area contributed by atoms with E-state index >= 15 is 0 Å². The topological polar surface area (TPSA) is 74.2 Å². The highest BCUT2D eigenvalue weighted by Crippen LogP contribution is 2.17. The largest absolute Gasteiger partial charge is 0.342 e. The van der Waals surface area contributed by atoms with Crippen LogP contribution in [0.5, 0.6) is 0 Å². The molecule has 114 valence electrons. The van der Waals surface area contributed by atoms with E-state index in [2.05, 4.69) is 20.5 Å². The zero-order chi connectivity index (χ0) is 15.4. The summed E-state index contributed by atoms with van der Waals surface area (Å²) in [7, 11) is 0. The first-order chi connectivity index (χ1) is 10.7. The van der Waals surface area contributed by atoms with Gasteiger partial charge in [0.1, 0.15) is 0 Å². The predicted octanol–water partition coefficient (Wildman–Crippen LogP) is 1.20. The molecule has 1 fully saturated rings. The molecule has 1 N–H and O–H groups in total. The van der Waals surface area contributed by atoms with Crippen molar-refractivity contribution >= 4 is 23.9 Å². The highest BCUT2D eigenvalue weighted by atomic mass is 16.1. The number of rotatable bonds is 4. The van der Waals surface area contributed by atoms with Crippen molar-refractivity contribution in [1.82, 2.24) is 20.1 Å². The van der Waals surface area contributed by atoms with Crippen molar-refractivity contribution in [3.8, 4) is 0 Å². The molecule has 22 heavy (non-hydrogen) atoms. The zero-order valence-corrected chi connectivity index (χ0v) is 12.4. The standard InChI is InChI=1S/C15H18N6O/c1-12-3-2-4-13(9-12)17-14-10-16-19-15(18-14)21-7-5-20(11-22)6-8-21/h2-4,9-11H,5-8H2,1H3,(H,17,18,19). The molecule has 1 aromatic heterocycles. The molecule has 0 radical (unpaired) electrons. The normalized spacial score (nSPS) is 14.8. The number of hydrogen-bond acceptors (Lipinski definition) is 6. The van der Waals surface area contributed by atoms with Gasteiger partial charge in [0, 0.05) is 31.9 Å². The van der Waals surface area contributed by atoms with Gasteiger partial charge in [-0.2, -0.15) is 10.1 Å². The summed E-state index contributed by atoms with van der Waals surface area (Å²) in [6.45, 7) is 4.84. The third kappa shape index (κ3) is 3.30. The van der Waals surface area contributed by atoms with E-state index in [1.807, 2.05) is 36.1 Å². The summed E-state index contributed by atoms with van der Waals surface area (Å²) in [4.78, 5) is 19.0. The Morgan fingerprint density at radius 1 is 1.23 bits per heavy atom. The van der Waals surface area contributed by atoms with Gasteiger partial charge >= 0.3 is 0 Å². The molecule has 2 heterocycles. The second-order valence-electron chi connectivity index (χ2n) is 5.26. The Balaban J connectivity index is 1.71. The Kier molecular flexibility index (Phi) is 4.13. The van der Waals surface area contributed by atoms with Crippen LogP contribution in [0.4, 0.5) is 17.5 Å². The lowest BCUT2D eigenvalue weighted by molar-refractivity contribution is -0.118. The Bertz CT molecular complexity index is 654. The van der Waals surface area contributed by atoms with Gasteiger partial charge in [-0.3, -0.25) is 4.79 Å². The SMILES string of the molecule is Cc1cccc(Nc2cnnc(N3CCN(C=O)CC3)n2)c1. The van der Waals surface area contributed by atoms with E-state index in [9.17, 15) is 4.79 Å². The minimum absolute atomic E-state index is 0.586. The van der Waals surface area contributed by atoms with Crippen molar-refractivity contribution in [3.05, 3.63) is 36.0 Å². The number of aryl methyl sites for hydroxylation is 1. The Morgan fingerprint density at radius 3 is 2.77 bits per heavy atom. The van der Waals surface area contributed by atoms with E-state index in [-0.39, 0.29) is 0 Å². The van der Waals surface area contributed by atoms with Gasteiger partial charge in [0.05, 0.1) is 6.20 Å². The molecule has 1 aliphatic heterocycles. The van der Waals surface area contributed by atoms with E-state index in [4.69, 9.17) is 0 Å². The van der Waals surface area contributed by atoms with Crippen LogP contribution in [0.15, 0.2) is 30.5 Å². The van der Waals surface area contributed by atoms with Gasteiger partial charge in [-0.05, 0) is 24.6 Å². The number of carbonyl (C=O) groups is 1. The van der Waals surface area contributed by atoms with E-state index in [1.165, 1.54) is 5.56 Å². The third-order valence-corrected chi connectivity index (χ3v) is 3.58. The molecule has 0 saturated carbocycles. The number of aromatic nitrogens is 3. The number of anilines is 3. The van der Waals surface area contributed by atoms with Crippen molar-refractivity contribution in [2.45, 2.75) is 6.92 Å². The smallest absolute Gasteiger partial charge is 0.247 e. The molecule has 0 bridgehead atoms. The molecule has 0 atom stereocenters. The summed E-state index contributed by atoms with van der Waals surface area (Å²) in [6.07, 6.45) is 2.49. The van der Waals surface area contributed by atoms with Gasteiger partial charge in [-0.25, -0.2) is 0 Å². The fourth-order valence-electron chi connectivity index (χ4n) is 2.39.